The van der Waals surface area contributed by atoms with Crippen LogP contribution in [-0.2, 0) is 6.42 Å². The lowest BCUT2D eigenvalue weighted by molar-refractivity contribution is 0.0777. The minimum absolute atomic E-state index is 0. The Hall–Kier alpha value is -0.400. The van der Waals surface area contributed by atoms with Crippen molar-refractivity contribution in [1.29, 1.82) is 0 Å². The Morgan fingerprint density at radius 3 is 2.71 bits per heavy atom. The van der Waals surface area contributed by atoms with Crippen molar-refractivity contribution in [2.24, 2.45) is 11.7 Å². The summed E-state index contributed by atoms with van der Waals surface area (Å²) in [5.74, 6) is 0.727. The highest BCUT2D eigenvalue weighted by Crippen LogP contribution is 2.22. The number of carbonyl (C=O) groups excluding carboxylic acids is 1. The fourth-order valence-electron chi connectivity index (χ4n) is 3.48. The molecule has 8 heteroatoms. The van der Waals surface area contributed by atoms with Crippen molar-refractivity contribution in [3.05, 3.63) is 16.1 Å². The summed E-state index contributed by atoms with van der Waals surface area (Å²) in [5, 5.41) is 2.85. The molecule has 1 atom stereocenters. The van der Waals surface area contributed by atoms with Crippen molar-refractivity contribution in [2.75, 3.05) is 39.3 Å². The average Bonchev–Trinajstić information content (AvgIpc) is 3.18. The van der Waals surface area contributed by atoms with Gasteiger partial charge in [-0.25, -0.2) is 4.98 Å². The Balaban J connectivity index is 0.00000144. The highest BCUT2D eigenvalue weighted by Gasteiger charge is 2.29. The van der Waals surface area contributed by atoms with E-state index in [9.17, 15) is 4.79 Å². The van der Waals surface area contributed by atoms with Crippen LogP contribution in [-0.4, -0.2) is 60.0 Å². The number of aromatic nitrogens is 1. The molecule has 2 fully saturated rings. The molecule has 1 aromatic heterocycles. The molecule has 0 saturated carbocycles. The normalized spacial score (nSPS) is 21.2. The van der Waals surface area contributed by atoms with Gasteiger partial charge in [0.1, 0.15) is 5.69 Å². The van der Waals surface area contributed by atoms with Gasteiger partial charge in [-0.2, -0.15) is 0 Å². The smallest absolute Gasteiger partial charge is 0.273 e. The number of piperidine rings is 1. The minimum Gasteiger partial charge on any atom is -0.337 e. The summed E-state index contributed by atoms with van der Waals surface area (Å²) in [6.07, 6.45) is 5.93. The van der Waals surface area contributed by atoms with Crippen LogP contribution in [0.4, 0.5) is 0 Å². The third-order valence-corrected chi connectivity index (χ3v) is 5.58. The molecule has 1 aromatic rings. The lowest BCUT2D eigenvalue weighted by atomic mass is 10.1. The van der Waals surface area contributed by atoms with Crippen molar-refractivity contribution in [3.8, 4) is 0 Å². The van der Waals surface area contributed by atoms with Crippen LogP contribution < -0.4 is 5.73 Å². The van der Waals surface area contributed by atoms with E-state index in [1.165, 1.54) is 32.4 Å². The average molecular weight is 395 g/mol. The highest BCUT2D eigenvalue weighted by molar-refractivity contribution is 7.09. The van der Waals surface area contributed by atoms with E-state index in [0.29, 0.717) is 18.2 Å². The zero-order valence-corrected chi connectivity index (χ0v) is 16.4. The summed E-state index contributed by atoms with van der Waals surface area (Å²) in [5.41, 5.74) is 6.15. The Morgan fingerprint density at radius 2 is 2.00 bits per heavy atom. The van der Waals surface area contributed by atoms with E-state index in [0.717, 1.165) is 37.5 Å². The SMILES string of the molecule is Cl.Cl.NCCc1nc(C(=O)N2CCC(CN3CCCCC3)C2)cs1. The largest absolute Gasteiger partial charge is 0.337 e. The van der Waals surface area contributed by atoms with E-state index in [-0.39, 0.29) is 30.7 Å². The summed E-state index contributed by atoms with van der Waals surface area (Å²) < 4.78 is 0. The molecule has 0 radical (unpaired) electrons. The van der Waals surface area contributed by atoms with Gasteiger partial charge in [0.25, 0.3) is 5.91 Å². The molecular formula is C16H28Cl2N4OS. The molecule has 0 bridgehead atoms. The third-order valence-electron chi connectivity index (χ3n) is 4.67. The molecule has 0 aromatic carbocycles. The predicted molar refractivity (Wildman–Crippen MR) is 104 cm³/mol. The predicted octanol–water partition coefficient (Wildman–Crippen LogP) is 2.44. The standard InChI is InChI=1S/C16H26N4OS.2ClH/c17-6-4-15-18-14(12-22-15)16(21)20-9-5-13(11-20)10-19-7-2-1-3-8-19;;/h12-13H,1-11,17H2;2*1H. The summed E-state index contributed by atoms with van der Waals surface area (Å²) in [6.45, 7) is 5.97. The Labute approximate surface area is 160 Å². The number of halogens is 2. The molecule has 2 aliphatic heterocycles. The van der Waals surface area contributed by atoms with E-state index >= 15 is 0 Å². The van der Waals surface area contributed by atoms with Crippen LogP contribution in [0.1, 0.15) is 41.2 Å². The molecule has 24 heavy (non-hydrogen) atoms. The Bertz CT molecular complexity index is 508. The van der Waals surface area contributed by atoms with Gasteiger partial charge in [0.2, 0.25) is 0 Å². The number of carbonyl (C=O) groups is 1. The van der Waals surface area contributed by atoms with Crippen LogP contribution >= 0.6 is 36.2 Å². The fourth-order valence-corrected chi connectivity index (χ4v) is 4.27. The van der Waals surface area contributed by atoms with Gasteiger partial charge in [-0.1, -0.05) is 6.42 Å². The van der Waals surface area contributed by atoms with Crippen LogP contribution in [0.3, 0.4) is 0 Å². The van der Waals surface area contributed by atoms with Gasteiger partial charge in [-0.05, 0) is 44.8 Å². The second-order valence-corrected chi connectivity index (χ2v) is 7.37. The molecule has 1 amide bonds. The Kier molecular flexibility index (Phi) is 9.52. The number of nitrogens with two attached hydrogens (primary N) is 1. The topological polar surface area (TPSA) is 62.5 Å². The summed E-state index contributed by atoms with van der Waals surface area (Å²) in [4.78, 5) is 21.5. The highest BCUT2D eigenvalue weighted by atomic mass is 35.5. The maximum atomic E-state index is 12.5. The maximum Gasteiger partial charge on any atom is 0.273 e. The zero-order chi connectivity index (χ0) is 15.4. The van der Waals surface area contributed by atoms with Gasteiger partial charge in [0, 0.05) is 31.4 Å². The number of hydrogen-bond acceptors (Lipinski definition) is 5. The minimum atomic E-state index is 0. The van der Waals surface area contributed by atoms with Gasteiger partial charge >= 0.3 is 0 Å². The van der Waals surface area contributed by atoms with Crippen LogP contribution in [0.25, 0.3) is 0 Å². The Morgan fingerprint density at radius 1 is 1.25 bits per heavy atom. The number of nitrogens with zero attached hydrogens (tertiary/aromatic N) is 3. The van der Waals surface area contributed by atoms with Crippen molar-refractivity contribution < 1.29 is 4.79 Å². The second kappa shape index (κ2) is 10.6. The first-order chi connectivity index (χ1) is 10.8. The van der Waals surface area contributed by atoms with Gasteiger partial charge in [0.15, 0.2) is 0 Å². The van der Waals surface area contributed by atoms with Crippen molar-refractivity contribution in [1.82, 2.24) is 14.8 Å². The lowest BCUT2D eigenvalue weighted by Gasteiger charge is -2.28. The maximum absolute atomic E-state index is 12.5. The number of amides is 1. The first kappa shape index (κ1) is 21.6. The van der Waals surface area contributed by atoms with E-state index in [2.05, 4.69) is 9.88 Å². The van der Waals surface area contributed by atoms with E-state index in [4.69, 9.17) is 5.73 Å². The molecule has 2 saturated heterocycles. The van der Waals surface area contributed by atoms with Crippen LogP contribution in [0.2, 0.25) is 0 Å². The van der Waals surface area contributed by atoms with E-state index < -0.39 is 0 Å². The van der Waals surface area contributed by atoms with Crippen LogP contribution in [0.5, 0.6) is 0 Å². The van der Waals surface area contributed by atoms with Crippen LogP contribution in [0.15, 0.2) is 5.38 Å². The van der Waals surface area contributed by atoms with Crippen molar-refractivity contribution >= 4 is 42.1 Å². The molecule has 1 unspecified atom stereocenters. The number of thiazole rings is 1. The molecule has 0 aliphatic carbocycles. The molecule has 2 N–H and O–H groups in total. The third kappa shape index (κ3) is 5.56. The van der Waals surface area contributed by atoms with Gasteiger partial charge < -0.3 is 15.5 Å². The summed E-state index contributed by atoms with van der Waals surface area (Å²) in [7, 11) is 0. The van der Waals surface area contributed by atoms with Gasteiger partial charge in [-0.15, -0.1) is 36.2 Å². The number of rotatable bonds is 5. The molecule has 3 rings (SSSR count). The lowest BCUT2D eigenvalue weighted by Crippen LogP contribution is -2.36. The summed E-state index contributed by atoms with van der Waals surface area (Å²) in [6, 6.07) is 0. The van der Waals surface area contributed by atoms with Crippen molar-refractivity contribution in [2.45, 2.75) is 32.1 Å². The molecule has 3 heterocycles. The molecule has 138 valence electrons. The van der Waals surface area contributed by atoms with Crippen LogP contribution in [0, 0.1) is 5.92 Å². The molecule has 2 aliphatic rings. The first-order valence-electron chi connectivity index (χ1n) is 8.42. The fraction of sp³-hybridized carbons (Fsp3) is 0.750. The number of likely N-dealkylation sites (tertiary alicyclic amines) is 2. The number of hydrogen-bond donors (Lipinski definition) is 1. The van der Waals surface area contributed by atoms with Gasteiger partial charge in [0.05, 0.1) is 5.01 Å². The second-order valence-electron chi connectivity index (χ2n) is 6.43. The van der Waals surface area contributed by atoms with E-state index in [1.54, 1.807) is 11.3 Å². The quantitative estimate of drug-likeness (QED) is 0.832. The molecule has 0 spiro atoms. The summed E-state index contributed by atoms with van der Waals surface area (Å²) >= 11 is 1.54. The monoisotopic (exact) mass is 394 g/mol. The van der Waals surface area contributed by atoms with Gasteiger partial charge in [-0.3, -0.25) is 4.79 Å². The molecule has 5 nitrogen and oxygen atoms in total. The first-order valence-corrected chi connectivity index (χ1v) is 9.30. The zero-order valence-electron chi connectivity index (χ0n) is 14.0. The molecular weight excluding hydrogens is 367 g/mol. The van der Waals surface area contributed by atoms with E-state index in [1.807, 2.05) is 10.3 Å². The van der Waals surface area contributed by atoms with Crippen molar-refractivity contribution in [3.63, 3.8) is 0 Å².